The van der Waals surface area contributed by atoms with Gasteiger partial charge in [-0.25, -0.2) is 17.5 Å². The molecule has 1 heterocycles. The Morgan fingerprint density at radius 3 is 2.50 bits per heavy atom. The Morgan fingerprint density at radius 2 is 1.82 bits per heavy atom. The highest BCUT2D eigenvalue weighted by Gasteiger charge is 2.18. The van der Waals surface area contributed by atoms with E-state index in [1.54, 1.807) is 19.9 Å². The van der Waals surface area contributed by atoms with E-state index in [1.165, 1.54) is 36.4 Å². The Labute approximate surface area is 164 Å². The summed E-state index contributed by atoms with van der Waals surface area (Å²) in [6, 6.07) is 9.92. The lowest BCUT2D eigenvalue weighted by molar-refractivity contribution is 0.102. The fourth-order valence-corrected chi connectivity index (χ4v) is 4.49. The third-order valence-electron chi connectivity index (χ3n) is 4.41. The molecule has 0 saturated carbocycles. The number of hydrogen-bond acceptors (Lipinski definition) is 4. The highest BCUT2D eigenvalue weighted by atomic mass is 32.2. The number of carbonyl (C=O) groups excluding carboxylic acids is 1. The maximum atomic E-state index is 14.0. The lowest BCUT2D eigenvalue weighted by Crippen LogP contribution is -2.30. The highest BCUT2D eigenvalue weighted by Crippen LogP contribution is 2.25. The summed E-state index contributed by atoms with van der Waals surface area (Å²) in [5, 5.41) is 2.66. The summed E-state index contributed by atoms with van der Waals surface area (Å²) < 4.78 is 41.1. The zero-order chi connectivity index (χ0) is 20.3. The number of halogens is 1. The molecule has 6 nitrogen and oxygen atoms in total. The molecule has 0 bridgehead atoms. The summed E-state index contributed by atoms with van der Waals surface area (Å²) in [5.74, 6) is -0.934. The molecule has 1 aliphatic rings. The molecule has 150 valence electrons. The van der Waals surface area contributed by atoms with Gasteiger partial charge in [-0.3, -0.25) is 4.79 Å². The Kier molecular flexibility index (Phi) is 6.00. The molecule has 0 aromatic heterocycles. The molecule has 0 aliphatic carbocycles. The van der Waals surface area contributed by atoms with Gasteiger partial charge in [0.15, 0.2) is 0 Å². The van der Waals surface area contributed by atoms with Gasteiger partial charge in [0.2, 0.25) is 10.0 Å². The second kappa shape index (κ2) is 8.28. The van der Waals surface area contributed by atoms with Crippen LogP contribution in [-0.2, 0) is 10.0 Å². The fourth-order valence-electron chi connectivity index (χ4n) is 3.19. The van der Waals surface area contributed by atoms with Crippen molar-refractivity contribution in [2.24, 2.45) is 0 Å². The van der Waals surface area contributed by atoms with Crippen LogP contribution in [0.5, 0.6) is 0 Å². The molecule has 28 heavy (non-hydrogen) atoms. The van der Waals surface area contributed by atoms with Crippen molar-refractivity contribution in [3.05, 3.63) is 53.8 Å². The van der Waals surface area contributed by atoms with Gasteiger partial charge in [-0.1, -0.05) is 6.07 Å². The molecule has 2 aromatic carbocycles. The number of anilines is 2. The number of hydrogen-bond donors (Lipinski definition) is 2. The van der Waals surface area contributed by atoms with E-state index in [4.69, 9.17) is 0 Å². The average Bonchev–Trinajstić information content (AvgIpc) is 3.15. The second-order valence-electron chi connectivity index (χ2n) is 7.15. The van der Waals surface area contributed by atoms with Gasteiger partial charge in [-0.2, -0.15) is 0 Å². The van der Waals surface area contributed by atoms with Crippen LogP contribution in [0.2, 0.25) is 0 Å². The summed E-state index contributed by atoms with van der Waals surface area (Å²) in [4.78, 5) is 14.7. The zero-order valence-electron chi connectivity index (χ0n) is 15.9. The van der Waals surface area contributed by atoms with Gasteiger partial charge in [-0.05, 0) is 63.1 Å². The Morgan fingerprint density at radius 1 is 1.11 bits per heavy atom. The standard InChI is InChI=1S/C20H24FN3O3S/c1-14(2)23-28(26,27)19-7-5-6-15(10-19)20(25)22-17-11-16(21)12-18(13-17)24-8-3-4-9-24/h5-7,10-14,23H,3-4,8-9H2,1-2H3,(H,22,25). The van der Waals surface area contributed by atoms with Crippen molar-refractivity contribution >= 4 is 27.3 Å². The smallest absolute Gasteiger partial charge is 0.255 e. The molecule has 0 radical (unpaired) electrons. The molecule has 0 spiro atoms. The van der Waals surface area contributed by atoms with Gasteiger partial charge in [0, 0.05) is 36.1 Å². The number of benzene rings is 2. The van der Waals surface area contributed by atoms with E-state index in [2.05, 4.69) is 14.9 Å². The van der Waals surface area contributed by atoms with Crippen molar-refractivity contribution in [1.29, 1.82) is 0 Å². The van der Waals surface area contributed by atoms with Gasteiger partial charge in [-0.15, -0.1) is 0 Å². The monoisotopic (exact) mass is 405 g/mol. The van der Waals surface area contributed by atoms with E-state index >= 15 is 0 Å². The maximum Gasteiger partial charge on any atom is 0.255 e. The molecule has 1 amide bonds. The molecule has 0 atom stereocenters. The number of nitrogens with zero attached hydrogens (tertiary/aromatic N) is 1. The number of carbonyl (C=O) groups is 1. The summed E-state index contributed by atoms with van der Waals surface area (Å²) in [6.45, 7) is 5.16. The Hall–Kier alpha value is -2.45. The molecule has 8 heteroatoms. The quantitative estimate of drug-likeness (QED) is 0.772. The first-order valence-electron chi connectivity index (χ1n) is 9.24. The molecule has 1 aliphatic heterocycles. The maximum absolute atomic E-state index is 14.0. The van der Waals surface area contributed by atoms with Gasteiger partial charge >= 0.3 is 0 Å². The van der Waals surface area contributed by atoms with Crippen LogP contribution in [0, 0.1) is 5.82 Å². The summed E-state index contributed by atoms with van der Waals surface area (Å²) in [7, 11) is -3.71. The number of nitrogens with one attached hydrogen (secondary N) is 2. The predicted molar refractivity (Wildman–Crippen MR) is 108 cm³/mol. The minimum atomic E-state index is -3.71. The largest absolute Gasteiger partial charge is 0.371 e. The average molecular weight is 405 g/mol. The first-order valence-corrected chi connectivity index (χ1v) is 10.7. The first-order chi connectivity index (χ1) is 13.2. The third kappa shape index (κ3) is 4.88. The summed E-state index contributed by atoms with van der Waals surface area (Å²) >= 11 is 0. The minimum absolute atomic E-state index is 0.00541. The zero-order valence-corrected chi connectivity index (χ0v) is 16.7. The van der Waals surface area contributed by atoms with Crippen LogP contribution in [0.3, 0.4) is 0 Å². The van der Waals surface area contributed by atoms with Gasteiger partial charge in [0.05, 0.1) is 4.90 Å². The van der Waals surface area contributed by atoms with Gasteiger partial charge in [0.25, 0.3) is 5.91 Å². The normalized spacial score (nSPS) is 14.5. The van der Waals surface area contributed by atoms with E-state index in [1.807, 2.05) is 0 Å². The van der Waals surface area contributed by atoms with Crippen LogP contribution in [-0.4, -0.2) is 33.5 Å². The fraction of sp³-hybridized carbons (Fsp3) is 0.350. The summed E-state index contributed by atoms with van der Waals surface area (Å²) in [5.41, 5.74) is 1.24. The van der Waals surface area contributed by atoms with Crippen LogP contribution in [0.15, 0.2) is 47.4 Å². The van der Waals surface area contributed by atoms with Crippen molar-refractivity contribution < 1.29 is 17.6 Å². The van der Waals surface area contributed by atoms with Crippen LogP contribution in [0.4, 0.5) is 15.8 Å². The SMILES string of the molecule is CC(C)NS(=O)(=O)c1cccc(C(=O)Nc2cc(F)cc(N3CCCC3)c2)c1. The molecule has 2 N–H and O–H groups in total. The van der Waals surface area contributed by atoms with Gasteiger partial charge in [0.1, 0.15) is 5.82 Å². The molecule has 1 saturated heterocycles. The van der Waals surface area contributed by atoms with Crippen LogP contribution in [0.1, 0.15) is 37.0 Å². The number of amides is 1. The number of sulfonamides is 1. The molecule has 2 aromatic rings. The van der Waals surface area contributed by atoms with Crippen molar-refractivity contribution in [2.75, 3.05) is 23.3 Å². The second-order valence-corrected chi connectivity index (χ2v) is 8.86. The third-order valence-corrected chi connectivity index (χ3v) is 6.07. The van der Waals surface area contributed by atoms with E-state index in [0.717, 1.165) is 31.6 Å². The van der Waals surface area contributed by atoms with E-state index in [-0.39, 0.29) is 16.5 Å². The van der Waals surface area contributed by atoms with Crippen molar-refractivity contribution in [3.63, 3.8) is 0 Å². The molecule has 3 rings (SSSR count). The van der Waals surface area contributed by atoms with Crippen LogP contribution in [0.25, 0.3) is 0 Å². The summed E-state index contributed by atoms with van der Waals surface area (Å²) in [6.07, 6.45) is 2.12. The van der Waals surface area contributed by atoms with Crippen molar-refractivity contribution in [1.82, 2.24) is 4.72 Å². The van der Waals surface area contributed by atoms with Crippen LogP contribution >= 0.6 is 0 Å². The highest BCUT2D eigenvalue weighted by molar-refractivity contribution is 7.89. The van der Waals surface area contributed by atoms with Crippen molar-refractivity contribution in [2.45, 2.75) is 37.6 Å². The Bertz CT molecular complexity index is 970. The lowest BCUT2D eigenvalue weighted by atomic mass is 10.2. The topological polar surface area (TPSA) is 78.5 Å². The van der Waals surface area contributed by atoms with E-state index in [0.29, 0.717) is 5.69 Å². The molecule has 0 unspecified atom stereocenters. The van der Waals surface area contributed by atoms with Crippen LogP contribution < -0.4 is 14.9 Å². The number of rotatable bonds is 6. The molecular formula is C20H24FN3O3S. The van der Waals surface area contributed by atoms with Crippen molar-refractivity contribution in [3.8, 4) is 0 Å². The minimum Gasteiger partial charge on any atom is -0.371 e. The predicted octanol–water partition coefficient (Wildman–Crippen LogP) is 3.36. The lowest BCUT2D eigenvalue weighted by Gasteiger charge is -2.19. The Balaban J connectivity index is 1.81. The molecule has 1 fully saturated rings. The first kappa shape index (κ1) is 20.3. The van der Waals surface area contributed by atoms with E-state index < -0.39 is 21.7 Å². The molecular weight excluding hydrogens is 381 g/mol. The van der Waals surface area contributed by atoms with Gasteiger partial charge < -0.3 is 10.2 Å². The van der Waals surface area contributed by atoms with E-state index in [9.17, 15) is 17.6 Å².